The van der Waals surface area contributed by atoms with Gasteiger partial charge in [-0.2, -0.15) is 0 Å². The number of nitrogens with zero attached hydrogens (tertiary/aromatic N) is 1. The van der Waals surface area contributed by atoms with Crippen LogP contribution in [0.4, 0.5) is 11.4 Å². The highest BCUT2D eigenvalue weighted by Crippen LogP contribution is 2.30. The number of carbonyl (C=O) groups excluding carboxylic acids is 2. The Hall–Kier alpha value is -2.14. The van der Waals surface area contributed by atoms with E-state index in [-0.39, 0.29) is 11.8 Å². The number of rotatable bonds is 3. The molecule has 0 bridgehead atoms. The molecule has 0 saturated carbocycles. The minimum atomic E-state index is -0.0858. The lowest BCUT2D eigenvalue weighted by molar-refractivity contribution is -0.118. The van der Waals surface area contributed by atoms with Gasteiger partial charge in [-0.1, -0.05) is 0 Å². The van der Waals surface area contributed by atoms with Crippen LogP contribution >= 0.6 is 11.3 Å². The van der Waals surface area contributed by atoms with Crippen molar-refractivity contribution in [1.29, 1.82) is 0 Å². The molecule has 0 aliphatic carbocycles. The van der Waals surface area contributed by atoms with Gasteiger partial charge in [-0.25, -0.2) is 0 Å². The van der Waals surface area contributed by atoms with E-state index in [4.69, 9.17) is 0 Å². The van der Waals surface area contributed by atoms with Gasteiger partial charge in [0.2, 0.25) is 5.91 Å². The molecule has 3 rings (SSSR count). The molecule has 114 valence electrons. The van der Waals surface area contributed by atoms with Crippen molar-refractivity contribution >= 4 is 34.5 Å². The van der Waals surface area contributed by atoms with Crippen LogP contribution in [0.15, 0.2) is 29.6 Å². The molecule has 0 unspecified atom stereocenters. The van der Waals surface area contributed by atoms with Gasteiger partial charge in [-0.05, 0) is 61.0 Å². The summed E-state index contributed by atoms with van der Waals surface area (Å²) in [4.78, 5) is 26.6. The number of fused-ring (bicyclic) bond motifs is 1. The van der Waals surface area contributed by atoms with Crippen molar-refractivity contribution in [3.05, 3.63) is 45.6 Å². The first-order valence-electron chi connectivity index (χ1n) is 7.38. The van der Waals surface area contributed by atoms with Gasteiger partial charge in [0.25, 0.3) is 5.91 Å². The van der Waals surface area contributed by atoms with Gasteiger partial charge in [0.1, 0.15) is 0 Å². The molecule has 5 heteroatoms. The van der Waals surface area contributed by atoms with Crippen LogP contribution in [0, 0.1) is 6.92 Å². The molecule has 22 heavy (non-hydrogen) atoms. The third-order valence-electron chi connectivity index (χ3n) is 3.81. The first kappa shape index (κ1) is 14.8. The predicted molar refractivity (Wildman–Crippen MR) is 89.8 cm³/mol. The maximum Gasteiger partial charge on any atom is 0.265 e. The van der Waals surface area contributed by atoms with E-state index in [1.807, 2.05) is 43.5 Å². The molecule has 1 aliphatic heterocycles. The molecule has 1 N–H and O–H groups in total. The van der Waals surface area contributed by atoms with E-state index in [0.717, 1.165) is 28.9 Å². The molecule has 0 fully saturated rings. The zero-order valence-electron chi connectivity index (χ0n) is 12.7. The van der Waals surface area contributed by atoms with Crippen molar-refractivity contribution in [3.8, 4) is 0 Å². The first-order chi connectivity index (χ1) is 10.6. The molecule has 2 heterocycles. The second-order valence-corrected chi connectivity index (χ2v) is 6.34. The summed E-state index contributed by atoms with van der Waals surface area (Å²) >= 11 is 1.45. The average Bonchev–Trinajstić information content (AvgIpc) is 2.94. The first-order valence-corrected chi connectivity index (χ1v) is 8.26. The van der Waals surface area contributed by atoms with Crippen LogP contribution in [0.2, 0.25) is 0 Å². The zero-order chi connectivity index (χ0) is 15.7. The number of aryl methyl sites for hydroxylation is 2. The summed E-state index contributed by atoms with van der Waals surface area (Å²) in [5, 5.41) is 4.90. The summed E-state index contributed by atoms with van der Waals surface area (Å²) in [6, 6.07) is 7.64. The molecule has 4 nitrogen and oxygen atoms in total. The molecule has 0 spiro atoms. The number of benzene rings is 1. The topological polar surface area (TPSA) is 49.4 Å². The molecule has 1 aromatic carbocycles. The molecule has 2 amide bonds. The third-order valence-corrected chi connectivity index (χ3v) is 4.85. The summed E-state index contributed by atoms with van der Waals surface area (Å²) in [5.41, 5.74) is 3.95. The molecular weight excluding hydrogens is 296 g/mol. The van der Waals surface area contributed by atoms with Crippen LogP contribution in [0.25, 0.3) is 0 Å². The number of nitrogens with one attached hydrogen (secondary N) is 1. The minimum absolute atomic E-state index is 0.0858. The Kier molecular flexibility index (Phi) is 3.98. The summed E-state index contributed by atoms with van der Waals surface area (Å²) in [6.45, 7) is 4.62. The van der Waals surface area contributed by atoms with E-state index >= 15 is 0 Å². The van der Waals surface area contributed by atoms with Gasteiger partial charge in [-0.3, -0.25) is 9.59 Å². The van der Waals surface area contributed by atoms with Crippen LogP contribution in [-0.4, -0.2) is 18.4 Å². The standard InChI is InChI=1S/C17H18N2O2S/c1-3-19-14-6-5-13(9-12(14)4-7-16(19)20)18-17(21)15-8-11(2)10-22-15/h5-6,8-10H,3-4,7H2,1-2H3,(H,18,21). The fourth-order valence-electron chi connectivity index (χ4n) is 2.73. The van der Waals surface area contributed by atoms with E-state index in [9.17, 15) is 9.59 Å². The SMILES string of the molecule is CCN1C(=O)CCc2cc(NC(=O)c3cc(C)cs3)ccc21. The van der Waals surface area contributed by atoms with Gasteiger partial charge in [0.05, 0.1) is 4.88 Å². The maximum absolute atomic E-state index is 12.2. The van der Waals surface area contributed by atoms with Crippen molar-refractivity contribution in [2.24, 2.45) is 0 Å². The zero-order valence-corrected chi connectivity index (χ0v) is 13.5. The number of amides is 2. The average molecular weight is 314 g/mol. The van der Waals surface area contributed by atoms with Gasteiger partial charge >= 0.3 is 0 Å². The van der Waals surface area contributed by atoms with Crippen LogP contribution in [0.3, 0.4) is 0 Å². The molecule has 0 saturated heterocycles. The largest absolute Gasteiger partial charge is 0.321 e. The van der Waals surface area contributed by atoms with E-state index in [1.54, 1.807) is 4.90 Å². The summed E-state index contributed by atoms with van der Waals surface area (Å²) < 4.78 is 0. The van der Waals surface area contributed by atoms with Crippen molar-refractivity contribution in [2.45, 2.75) is 26.7 Å². The monoisotopic (exact) mass is 314 g/mol. The number of anilines is 2. The van der Waals surface area contributed by atoms with E-state index < -0.39 is 0 Å². The predicted octanol–water partition coefficient (Wildman–Crippen LogP) is 3.61. The highest BCUT2D eigenvalue weighted by Gasteiger charge is 2.23. The highest BCUT2D eigenvalue weighted by atomic mass is 32.1. The van der Waals surface area contributed by atoms with Crippen LogP contribution in [0.1, 0.15) is 34.1 Å². The number of carbonyl (C=O) groups is 2. The lowest BCUT2D eigenvalue weighted by Crippen LogP contribution is -2.34. The maximum atomic E-state index is 12.2. The van der Waals surface area contributed by atoms with Crippen molar-refractivity contribution in [3.63, 3.8) is 0 Å². The number of thiophene rings is 1. The highest BCUT2D eigenvalue weighted by molar-refractivity contribution is 7.12. The molecule has 0 atom stereocenters. The Bertz CT molecular complexity index is 736. The molecule has 0 radical (unpaired) electrons. The Morgan fingerprint density at radius 3 is 2.82 bits per heavy atom. The van der Waals surface area contributed by atoms with Gasteiger partial charge < -0.3 is 10.2 Å². The normalized spacial score (nSPS) is 13.9. The second-order valence-electron chi connectivity index (χ2n) is 5.42. The van der Waals surface area contributed by atoms with Crippen LogP contribution in [-0.2, 0) is 11.2 Å². The van der Waals surface area contributed by atoms with E-state index in [0.29, 0.717) is 17.8 Å². The fraction of sp³-hybridized carbons (Fsp3) is 0.294. The lowest BCUT2D eigenvalue weighted by Gasteiger charge is -2.28. The third kappa shape index (κ3) is 2.76. The Labute approximate surface area is 133 Å². The van der Waals surface area contributed by atoms with Crippen molar-refractivity contribution in [2.75, 3.05) is 16.8 Å². The van der Waals surface area contributed by atoms with Crippen molar-refractivity contribution < 1.29 is 9.59 Å². The Morgan fingerprint density at radius 2 is 2.14 bits per heavy atom. The van der Waals surface area contributed by atoms with Crippen LogP contribution < -0.4 is 10.2 Å². The Balaban J connectivity index is 1.82. The van der Waals surface area contributed by atoms with Crippen LogP contribution in [0.5, 0.6) is 0 Å². The van der Waals surface area contributed by atoms with Crippen molar-refractivity contribution in [1.82, 2.24) is 0 Å². The minimum Gasteiger partial charge on any atom is -0.321 e. The number of hydrogen-bond donors (Lipinski definition) is 1. The Morgan fingerprint density at radius 1 is 1.32 bits per heavy atom. The summed E-state index contributed by atoms with van der Waals surface area (Å²) in [6.07, 6.45) is 1.26. The summed E-state index contributed by atoms with van der Waals surface area (Å²) in [7, 11) is 0. The molecule has 2 aromatic rings. The van der Waals surface area contributed by atoms with Gasteiger partial charge in [0, 0.05) is 24.3 Å². The molecular formula is C17H18N2O2S. The smallest absolute Gasteiger partial charge is 0.265 e. The second kappa shape index (κ2) is 5.93. The van der Waals surface area contributed by atoms with Gasteiger partial charge in [0.15, 0.2) is 0 Å². The number of hydrogen-bond acceptors (Lipinski definition) is 3. The molecule has 1 aromatic heterocycles. The van der Waals surface area contributed by atoms with E-state index in [2.05, 4.69) is 5.32 Å². The molecule has 1 aliphatic rings. The lowest BCUT2D eigenvalue weighted by atomic mass is 10.0. The van der Waals surface area contributed by atoms with Gasteiger partial charge in [-0.15, -0.1) is 11.3 Å². The summed E-state index contributed by atoms with van der Waals surface area (Å²) in [5.74, 6) is 0.0816. The van der Waals surface area contributed by atoms with E-state index in [1.165, 1.54) is 11.3 Å². The fourth-order valence-corrected chi connectivity index (χ4v) is 3.52. The quantitative estimate of drug-likeness (QED) is 0.941.